The van der Waals surface area contributed by atoms with Gasteiger partial charge in [-0.2, -0.15) is 0 Å². The number of aromatic nitrogens is 2. The van der Waals surface area contributed by atoms with Crippen LogP contribution in [0, 0.1) is 11.7 Å². The highest BCUT2D eigenvalue weighted by Crippen LogP contribution is 2.22. The van der Waals surface area contributed by atoms with Gasteiger partial charge in [-0.3, -0.25) is 0 Å². The molecule has 3 nitrogen and oxygen atoms in total. The van der Waals surface area contributed by atoms with E-state index in [4.69, 9.17) is 5.73 Å². The van der Waals surface area contributed by atoms with Crippen LogP contribution in [0.15, 0.2) is 16.6 Å². The molecule has 0 radical (unpaired) electrons. The van der Waals surface area contributed by atoms with Crippen LogP contribution in [0.25, 0.3) is 11.0 Å². The third kappa shape index (κ3) is 2.66. The Morgan fingerprint density at radius 1 is 1.47 bits per heavy atom. The Morgan fingerprint density at radius 2 is 2.18 bits per heavy atom. The Bertz CT molecular complexity index is 497. The van der Waals surface area contributed by atoms with E-state index in [1.54, 1.807) is 6.07 Å². The van der Waals surface area contributed by atoms with Gasteiger partial charge < -0.3 is 10.7 Å². The average Bonchev–Trinajstić information content (AvgIpc) is 2.60. The van der Waals surface area contributed by atoms with Gasteiger partial charge >= 0.3 is 0 Å². The lowest BCUT2D eigenvalue weighted by Gasteiger charge is -2.13. The van der Waals surface area contributed by atoms with E-state index in [1.807, 2.05) is 0 Å². The van der Waals surface area contributed by atoms with Crippen molar-refractivity contribution in [1.29, 1.82) is 0 Å². The third-order valence-corrected chi connectivity index (χ3v) is 3.47. The summed E-state index contributed by atoms with van der Waals surface area (Å²) in [5.74, 6) is 0.909. The predicted molar refractivity (Wildman–Crippen MR) is 70.3 cm³/mol. The molecule has 0 aliphatic carbocycles. The molecule has 2 aromatic rings. The van der Waals surface area contributed by atoms with Crippen LogP contribution in [0.1, 0.15) is 19.7 Å². The first-order valence-electron chi connectivity index (χ1n) is 5.56. The topological polar surface area (TPSA) is 54.7 Å². The van der Waals surface area contributed by atoms with Crippen molar-refractivity contribution < 1.29 is 4.39 Å². The number of nitrogens with two attached hydrogens (primary N) is 1. The fourth-order valence-corrected chi connectivity index (χ4v) is 1.94. The summed E-state index contributed by atoms with van der Waals surface area (Å²) >= 11 is 3.15. The summed E-state index contributed by atoms with van der Waals surface area (Å²) in [4.78, 5) is 7.50. The lowest BCUT2D eigenvalue weighted by Crippen LogP contribution is -2.29. The molecule has 1 atom stereocenters. The maximum Gasteiger partial charge on any atom is 0.139 e. The van der Waals surface area contributed by atoms with E-state index >= 15 is 0 Å². The molecular weight excluding hydrogens is 285 g/mol. The largest absolute Gasteiger partial charge is 0.342 e. The molecule has 2 rings (SSSR count). The Labute approximate surface area is 108 Å². The van der Waals surface area contributed by atoms with Crippen molar-refractivity contribution in [3.8, 4) is 0 Å². The zero-order chi connectivity index (χ0) is 12.6. The van der Waals surface area contributed by atoms with Crippen LogP contribution in [0.4, 0.5) is 4.39 Å². The maximum absolute atomic E-state index is 13.3. The maximum atomic E-state index is 13.3. The van der Waals surface area contributed by atoms with Gasteiger partial charge in [-0.05, 0) is 27.9 Å². The summed E-state index contributed by atoms with van der Waals surface area (Å²) in [7, 11) is 0. The van der Waals surface area contributed by atoms with E-state index in [1.165, 1.54) is 6.07 Å². The van der Waals surface area contributed by atoms with Crippen molar-refractivity contribution in [1.82, 2.24) is 9.97 Å². The van der Waals surface area contributed by atoms with Crippen molar-refractivity contribution in [3.05, 3.63) is 28.2 Å². The molecule has 0 aliphatic rings. The van der Waals surface area contributed by atoms with Gasteiger partial charge in [0.05, 0.1) is 15.5 Å². The molecule has 0 amide bonds. The van der Waals surface area contributed by atoms with Crippen molar-refractivity contribution in [2.45, 2.75) is 26.3 Å². The molecule has 1 aromatic carbocycles. The fraction of sp³-hybridized carbons (Fsp3) is 0.417. The Kier molecular flexibility index (Phi) is 3.49. The SMILES string of the molecule is CC(C)C(N)Cc1nc2cc(Br)c(F)cc2[nH]1. The standard InChI is InChI=1S/C12H15BrFN3/c1-6(2)9(15)5-12-16-10-3-7(13)8(14)4-11(10)17-12/h3-4,6,9H,5,15H2,1-2H3,(H,16,17). The average molecular weight is 300 g/mol. The fourth-order valence-electron chi connectivity index (χ4n) is 1.61. The van der Waals surface area contributed by atoms with Crippen LogP contribution < -0.4 is 5.73 Å². The number of H-pyrrole nitrogens is 1. The van der Waals surface area contributed by atoms with Crippen LogP contribution in [-0.4, -0.2) is 16.0 Å². The number of hydrogen-bond acceptors (Lipinski definition) is 2. The molecule has 0 fully saturated rings. The summed E-state index contributed by atoms with van der Waals surface area (Å²) in [5.41, 5.74) is 7.45. The van der Waals surface area contributed by atoms with Crippen LogP contribution in [0.2, 0.25) is 0 Å². The number of hydrogen-bond donors (Lipinski definition) is 2. The number of nitrogens with one attached hydrogen (secondary N) is 1. The van der Waals surface area contributed by atoms with Gasteiger partial charge in [-0.25, -0.2) is 9.37 Å². The van der Waals surface area contributed by atoms with Gasteiger partial charge in [0.2, 0.25) is 0 Å². The van der Waals surface area contributed by atoms with Crippen LogP contribution in [-0.2, 0) is 6.42 Å². The Balaban J connectivity index is 2.32. The first-order chi connectivity index (χ1) is 7.97. The molecule has 17 heavy (non-hydrogen) atoms. The van der Waals surface area contributed by atoms with E-state index in [9.17, 15) is 4.39 Å². The molecule has 0 spiro atoms. The van der Waals surface area contributed by atoms with E-state index in [-0.39, 0.29) is 11.9 Å². The number of nitrogens with zero attached hydrogens (tertiary/aromatic N) is 1. The van der Waals surface area contributed by atoms with Gasteiger partial charge in [0.15, 0.2) is 0 Å². The highest BCUT2D eigenvalue weighted by molar-refractivity contribution is 9.10. The van der Waals surface area contributed by atoms with Crippen LogP contribution in [0.5, 0.6) is 0 Å². The van der Waals surface area contributed by atoms with Gasteiger partial charge in [0, 0.05) is 18.5 Å². The van der Waals surface area contributed by atoms with Crippen molar-refractivity contribution in [3.63, 3.8) is 0 Å². The first-order valence-corrected chi connectivity index (χ1v) is 6.36. The molecule has 1 unspecified atom stereocenters. The molecular formula is C12H15BrFN3. The number of aromatic amines is 1. The highest BCUT2D eigenvalue weighted by Gasteiger charge is 2.12. The Hall–Kier alpha value is -0.940. The number of halogens is 2. The summed E-state index contributed by atoms with van der Waals surface area (Å²) in [6.07, 6.45) is 0.672. The van der Waals surface area contributed by atoms with E-state index in [2.05, 4.69) is 39.7 Å². The van der Waals surface area contributed by atoms with Gasteiger partial charge in [0.1, 0.15) is 11.6 Å². The van der Waals surface area contributed by atoms with E-state index < -0.39 is 0 Å². The summed E-state index contributed by atoms with van der Waals surface area (Å²) < 4.78 is 13.8. The minimum Gasteiger partial charge on any atom is -0.342 e. The summed E-state index contributed by atoms with van der Waals surface area (Å²) in [6.45, 7) is 4.15. The first kappa shape index (κ1) is 12.5. The van der Waals surface area contributed by atoms with Crippen molar-refractivity contribution in [2.24, 2.45) is 11.7 Å². The quantitative estimate of drug-likeness (QED) is 0.915. The molecule has 3 N–H and O–H groups in total. The van der Waals surface area contributed by atoms with E-state index in [0.717, 1.165) is 11.3 Å². The summed E-state index contributed by atoms with van der Waals surface area (Å²) in [5, 5.41) is 0. The number of benzene rings is 1. The lowest BCUT2D eigenvalue weighted by atomic mass is 10.0. The zero-order valence-electron chi connectivity index (χ0n) is 9.80. The molecule has 0 aliphatic heterocycles. The predicted octanol–water partition coefficient (Wildman–Crippen LogP) is 2.99. The minimum absolute atomic E-state index is 0.0591. The number of rotatable bonds is 3. The third-order valence-electron chi connectivity index (χ3n) is 2.86. The molecule has 1 heterocycles. The number of fused-ring (bicyclic) bond motifs is 1. The molecule has 1 aromatic heterocycles. The van der Waals surface area contributed by atoms with E-state index in [0.29, 0.717) is 22.3 Å². The Morgan fingerprint density at radius 3 is 2.82 bits per heavy atom. The van der Waals surface area contributed by atoms with Crippen LogP contribution >= 0.6 is 15.9 Å². The number of imidazole rings is 1. The highest BCUT2D eigenvalue weighted by atomic mass is 79.9. The molecule has 0 saturated heterocycles. The van der Waals surface area contributed by atoms with Gasteiger partial charge in [-0.15, -0.1) is 0 Å². The molecule has 92 valence electrons. The van der Waals surface area contributed by atoms with Crippen LogP contribution in [0.3, 0.4) is 0 Å². The van der Waals surface area contributed by atoms with Gasteiger partial charge in [0.25, 0.3) is 0 Å². The lowest BCUT2D eigenvalue weighted by molar-refractivity contribution is 0.483. The molecule has 0 saturated carbocycles. The molecule has 0 bridgehead atoms. The van der Waals surface area contributed by atoms with Crippen molar-refractivity contribution >= 4 is 27.0 Å². The second-order valence-electron chi connectivity index (χ2n) is 4.58. The summed E-state index contributed by atoms with van der Waals surface area (Å²) in [6, 6.07) is 3.17. The minimum atomic E-state index is -0.291. The normalized spacial score (nSPS) is 13.5. The smallest absolute Gasteiger partial charge is 0.139 e. The van der Waals surface area contributed by atoms with Gasteiger partial charge in [-0.1, -0.05) is 13.8 Å². The molecule has 5 heteroatoms. The zero-order valence-corrected chi connectivity index (χ0v) is 11.4. The second kappa shape index (κ2) is 4.74. The monoisotopic (exact) mass is 299 g/mol. The van der Waals surface area contributed by atoms with Crippen molar-refractivity contribution in [2.75, 3.05) is 0 Å². The second-order valence-corrected chi connectivity index (χ2v) is 5.43.